The number of hydrogen-bond acceptors (Lipinski definition) is 4. The number of nitrogens with zero attached hydrogens (tertiary/aromatic N) is 4. The van der Waals surface area contributed by atoms with Gasteiger partial charge in [-0.1, -0.05) is 11.6 Å². The van der Waals surface area contributed by atoms with Gasteiger partial charge in [0.1, 0.15) is 11.4 Å². The molecule has 0 radical (unpaired) electrons. The number of hydrogen-bond donors (Lipinski definition) is 1. The van der Waals surface area contributed by atoms with Crippen LogP contribution in [0.4, 0.5) is 0 Å². The van der Waals surface area contributed by atoms with Crippen LogP contribution in [0.15, 0.2) is 42.7 Å². The maximum absolute atomic E-state index is 12.4. The summed E-state index contributed by atoms with van der Waals surface area (Å²) in [6.45, 7) is 6.79. The van der Waals surface area contributed by atoms with E-state index in [0.29, 0.717) is 16.5 Å². The Hall–Kier alpha value is -2.80. The van der Waals surface area contributed by atoms with E-state index in [0.717, 1.165) is 17.8 Å². The predicted molar refractivity (Wildman–Crippen MR) is 103 cm³/mol. The van der Waals surface area contributed by atoms with Gasteiger partial charge >= 0.3 is 0 Å². The zero-order chi connectivity index (χ0) is 19.4. The van der Waals surface area contributed by atoms with Gasteiger partial charge in [0.25, 0.3) is 5.91 Å². The zero-order valence-corrected chi connectivity index (χ0v) is 16.3. The highest BCUT2D eigenvalue weighted by atomic mass is 35.5. The molecule has 0 aliphatic heterocycles. The normalized spacial score (nSPS) is 12.0. The van der Waals surface area contributed by atoms with Crippen LogP contribution in [0, 0.1) is 6.92 Å². The van der Waals surface area contributed by atoms with Crippen molar-refractivity contribution in [2.45, 2.75) is 40.1 Å². The summed E-state index contributed by atoms with van der Waals surface area (Å²) in [5.41, 5.74) is 2.22. The third-order valence-electron chi connectivity index (χ3n) is 4.21. The predicted octanol–water partition coefficient (Wildman–Crippen LogP) is 3.59. The number of nitrogens with one attached hydrogen (secondary N) is 1. The van der Waals surface area contributed by atoms with Crippen molar-refractivity contribution in [3.8, 4) is 5.75 Å². The standard InChI is InChI=1S/C19H22ClN5O2/c1-4-25-18(7-9-21-25)14(3)22-19(26)17-8-10-24(23-17)12-27-15-5-6-16(20)13(2)11-15/h5-11,14H,4,12H2,1-3H3,(H,22,26). The molecule has 3 aromatic rings. The Morgan fingerprint density at radius 3 is 2.89 bits per heavy atom. The van der Waals surface area contributed by atoms with Gasteiger partial charge in [-0.05, 0) is 56.7 Å². The smallest absolute Gasteiger partial charge is 0.272 e. The van der Waals surface area contributed by atoms with Crippen molar-refractivity contribution >= 4 is 17.5 Å². The monoisotopic (exact) mass is 387 g/mol. The lowest BCUT2D eigenvalue weighted by Crippen LogP contribution is -2.28. The molecule has 0 spiro atoms. The minimum absolute atomic E-state index is 0.168. The highest BCUT2D eigenvalue weighted by molar-refractivity contribution is 6.31. The average molecular weight is 388 g/mol. The molecule has 0 aliphatic rings. The third kappa shape index (κ3) is 4.49. The molecule has 2 heterocycles. The summed E-state index contributed by atoms with van der Waals surface area (Å²) in [5.74, 6) is 0.451. The van der Waals surface area contributed by atoms with Crippen LogP contribution in [-0.4, -0.2) is 25.5 Å². The fourth-order valence-electron chi connectivity index (χ4n) is 2.72. The molecule has 0 saturated heterocycles. The van der Waals surface area contributed by atoms with E-state index < -0.39 is 0 Å². The lowest BCUT2D eigenvalue weighted by molar-refractivity contribution is 0.0931. The van der Waals surface area contributed by atoms with E-state index in [2.05, 4.69) is 15.5 Å². The number of carbonyl (C=O) groups is 1. The largest absolute Gasteiger partial charge is 0.471 e. The molecular formula is C19H22ClN5O2. The summed E-state index contributed by atoms with van der Waals surface area (Å²) < 4.78 is 9.11. The van der Waals surface area contributed by atoms with Crippen molar-refractivity contribution in [1.29, 1.82) is 0 Å². The number of rotatable bonds is 7. The SMILES string of the molecule is CCn1nccc1C(C)NC(=O)c1ccn(COc2ccc(Cl)c(C)c2)n1. The maximum Gasteiger partial charge on any atom is 0.272 e. The molecule has 3 rings (SSSR count). The molecule has 7 nitrogen and oxygen atoms in total. The molecule has 0 bridgehead atoms. The molecule has 0 fully saturated rings. The Bertz CT molecular complexity index is 934. The first-order valence-electron chi connectivity index (χ1n) is 8.73. The molecule has 0 aliphatic carbocycles. The first-order chi connectivity index (χ1) is 13.0. The summed E-state index contributed by atoms with van der Waals surface area (Å²) in [6.07, 6.45) is 3.44. The molecule has 1 atom stereocenters. The Morgan fingerprint density at radius 2 is 2.15 bits per heavy atom. The van der Waals surface area contributed by atoms with Crippen molar-refractivity contribution in [3.63, 3.8) is 0 Å². The van der Waals surface area contributed by atoms with Crippen molar-refractivity contribution in [3.05, 3.63) is 64.7 Å². The van der Waals surface area contributed by atoms with Gasteiger partial charge in [-0.3, -0.25) is 9.48 Å². The number of halogens is 1. The zero-order valence-electron chi connectivity index (χ0n) is 15.5. The van der Waals surface area contributed by atoms with Crippen LogP contribution in [0.1, 0.15) is 41.6 Å². The van der Waals surface area contributed by atoms with E-state index in [4.69, 9.17) is 16.3 Å². The fraction of sp³-hybridized carbons (Fsp3) is 0.316. The van der Waals surface area contributed by atoms with Gasteiger partial charge in [0.15, 0.2) is 6.73 Å². The van der Waals surface area contributed by atoms with Gasteiger partial charge < -0.3 is 10.1 Å². The van der Waals surface area contributed by atoms with Gasteiger partial charge in [0.2, 0.25) is 0 Å². The van der Waals surface area contributed by atoms with E-state index in [1.807, 2.05) is 37.6 Å². The van der Waals surface area contributed by atoms with Crippen molar-refractivity contribution < 1.29 is 9.53 Å². The van der Waals surface area contributed by atoms with Crippen LogP contribution in [0.25, 0.3) is 0 Å². The second kappa shape index (κ2) is 8.26. The Kier molecular flexibility index (Phi) is 5.81. The van der Waals surface area contributed by atoms with Crippen LogP contribution in [-0.2, 0) is 13.3 Å². The van der Waals surface area contributed by atoms with Gasteiger partial charge in [-0.25, -0.2) is 4.68 Å². The van der Waals surface area contributed by atoms with Crippen LogP contribution in [0.3, 0.4) is 0 Å². The molecule has 1 aromatic carbocycles. The molecule has 2 aromatic heterocycles. The molecule has 142 valence electrons. The number of aryl methyl sites for hydroxylation is 2. The summed E-state index contributed by atoms with van der Waals surface area (Å²) in [7, 11) is 0. The van der Waals surface area contributed by atoms with E-state index >= 15 is 0 Å². The molecular weight excluding hydrogens is 366 g/mol. The topological polar surface area (TPSA) is 74.0 Å². The lowest BCUT2D eigenvalue weighted by atomic mass is 10.2. The number of amides is 1. The second-order valence-electron chi connectivity index (χ2n) is 6.19. The van der Waals surface area contributed by atoms with Crippen LogP contribution >= 0.6 is 11.6 Å². The number of benzene rings is 1. The first-order valence-corrected chi connectivity index (χ1v) is 9.10. The van der Waals surface area contributed by atoms with Gasteiger partial charge in [0.05, 0.1) is 11.7 Å². The molecule has 27 heavy (non-hydrogen) atoms. The van der Waals surface area contributed by atoms with Crippen molar-refractivity contribution in [2.24, 2.45) is 0 Å². The summed E-state index contributed by atoms with van der Waals surface area (Å²) in [4.78, 5) is 12.4. The van der Waals surface area contributed by atoms with Crippen LogP contribution < -0.4 is 10.1 Å². The van der Waals surface area contributed by atoms with Crippen LogP contribution in [0.5, 0.6) is 5.75 Å². The fourth-order valence-corrected chi connectivity index (χ4v) is 2.84. The first kappa shape index (κ1) is 19.0. The quantitative estimate of drug-likeness (QED) is 0.672. The Balaban J connectivity index is 1.59. The number of ether oxygens (including phenoxy) is 1. The van der Waals surface area contributed by atoms with Gasteiger partial charge in [0, 0.05) is 24.0 Å². The highest BCUT2D eigenvalue weighted by Crippen LogP contribution is 2.21. The lowest BCUT2D eigenvalue weighted by Gasteiger charge is -2.14. The van der Waals surface area contributed by atoms with E-state index in [9.17, 15) is 4.79 Å². The Labute approximate surface area is 162 Å². The number of aromatic nitrogens is 4. The van der Waals surface area contributed by atoms with E-state index in [1.165, 1.54) is 0 Å². The van der Waals surface area contributed by atoms with E-state index in [1.54, 1.807) is 35.3 Å². The molecule has 1 N–H and O–H groups in total. The number of carbonyl (C=O) groups excluding carboxylic acids is 1. The Morgan fingerprint density at radius 1 is 1.33 bits per heavy atom. The summed E-state index contributed by atoms with van der Waals surface area (Å²) in [6, 6.07) is 8.84. The average Bonchev–Trinajstić information content (AvgIpc) is 3.31. The molecule has 1 amide bonds. The van der Waals surface area contributed by atoms with Crippen LogP contribution in [0.2, 0.25) is 5.02 Å². The van der Waals surface area contributed by atoms with E-state index in [-0.39, 0.29) is 18.7 Å². The third-order valence-corrected chi connectivity index (χ3v) is 4.63. The molecule has 0 saturated carbocycles. The maximum atomic E-state index is 12.4. The highest BCUT2D eigenvalue weighted by Gasteiger charge is 2.16. The minimum Gasteiger partial charge on any atom is -0.471 e. The van der Waals surface area contributed by atoms with Crippen molar-refractivity contribution in [2.75, 3.05) is 0 Å². The molecule has 1 unspecified atom stereocenters. The summed E-state index contributed by atoms with van der Waals surface area (Å²) in [5, 5.41) is 12.1. The summed E-state index contributed by atoms with van der Waals surface area (Å²) >= 11 is 6.01. The second-order valence-corrected chi connectivity index (χ2v) is 6.60. The van der Waals surface area contributed by atoms with Gasteiger partial charge in [-0.15, -0.1) is 0 Å². The van der Waals surface area contributed by atoms with Crippen molar-refractivity contribution in [1.82, 2.24) is 24.9 Å². The molecule has 8 heteroatoms. The minimum atomic E-state index is -0.243. The van der Waals surface area contributed by atoms with Gasteiger partial charge in [-0.2, -0.15) is 10.2 Å².